The summed E-state index contributed by atoms with van der Waals surface area (Å²) >= 11 is 10.4. The molecule has 0 fully saturated rings. The molecule has 0 aliphatic rings. The van der Waals surface area contributed by atoms with E-state index in [0.717, 1.165) is 11.7 Å². The number of aryl methyl sites for hydroxylation is 1. The van der Waals surface area contributed by atoms with Gasteiger partial charge in [0.2, 0.25) is 0 Å². The van der Waals surface area contributed by atoms with Gasteiger partial charge in [-0.25, -0.2) is 4.68 Å². The summed E-state index contributed by atoms with van der Waals surface area (Å²) in [5, 5.41) is 6.99. The molecule has 0 aromatic carbocycles. The maximum absolute atomic E-state index is 12.8. The van der Waals surface area contributed by atoms with Crippen LogP contribution >= 0.6 is 23.8 Å². The summed E-state index contributed by atoms with van der Waals surface area (Å²) in [5.74, 6) is -0.140. The maximum atomic E-state index is 12.8. The standard InChI is InChI=1S/C9H7ClF3N5S/c1-17-6(9(11,12)13)5(10)8(16-17)18-3-4(2-15-18)7(14)19/h2-3H,1H3,(H2,14,19). The predicted molar refractivity (Wildman–Crippen MR) is 66.2 cm³/mol. The summed E-state index contributed by atoms with van der Waals surface area (Å²) in [6.07, 6.45) is -1.92. The first-order chi connectivity index (χ1) is 8.71. The third-order valence-corrected chi connectivity index (χ3v) is 2.91. The first kappa shape index (κ1) is 13.8. The largest absolute Gasteiger partial charge is 0.434 e. The number of aromatic nitrogens is 4. The molecule has 0 saturated carbocycles. The summed E-state index contributed by atoms with van der Waals surface area (Å²) in [6, 6.07) is 0. The molecule has 0 aliphatic heterocycles. The molecule has 2 rings (SSSR count). The lowest BCUT2D eigenvalue weighted by Crippen LogP contribution is -2.12. The van der Waals surface area contributed by atoms with Crippen molar-refractivity contribution in [2.45, 2.75) is 6.18 Å². The van der Waals surface area contributed by atoms with Crippen LogP contribution in [0.5, 0.6) is 0 Å². The van der Waals surface area contributed by atoms with Gasteiger partial charge in [-0.2, -0.15) is 23.4 Å². The molecule has 0 saturated heterocycles. The van der Waals surface area contributed by atoms with Crippen LogP contribution in [0.25, 0.3) is 5.82 Å². The molecule has 19 heavy (non-hydrogen) atoms. The Morgan fingerprint density at radius 3 is 2.53 bits per heavy atom. The van der Waals surface area contributed by atoms with Gasteiger partial charge in [0.05, 0.1) is 6.20 Å². The molecule has 0 spiro atoms. The van der Waals surface area contributed by atoms with Crippen molar-refractivity contribution in [2.75, 3.05) is 0 Å². The molecule has 0 bridgehead atoms. The zero-order valence-electron chi connectivity index (χ0n) is 9.44. The molecule has 0 unspecified atom stereocenters. The topological polar surface area (TPSA) is 61.7 Å². The second-order valence-electron chi connectivity index (χ2n) is 3.65. The highest BCUT2D eigenvalue weighted by Gasteiger charge is 2.39. The summed E-state index contributed by atoms with van der Waals surface area (Å²) < 4.78 is 40.0. The summed E-state index contributed by atoms with van der Waals surface area (Å²) in [7, 11) is 1.15. The summed E-state index contributed by atoms with van der Waals surface area (Å²) in [6.45, 7) is 0. The third-order valence-electron chi connectivity index (χ3n) is 2.33. The van der Waals surface area contributed by atoms with Crippen molar-refractivity contribution in [1.82, 2.24) is 19.6 Å². The van der Waals surface area contributed by atoms with Crippen molar-refractivity contribution >= 4 is 28.8 Å². The van der Waals surface area contributed by atoms with Gasteiger partial charge in [0.25, 0.3) is 0 Å². The first-order valence-electron chi connectivity index (χ1n) is 4.86. The van der Waals surface area contributed by atoms with Crippen molar-refractivity contribution in [1.29, 1.82) is 0 Å². The van der Waals surface area contributed by atoms with E-state index in [1.807, 2.05) is 0 Å². The fourth-order valence-electron chi connectivity index (χ4n) is 1.50. The van der Waals surface area contributed by atoms with Crippen LogP contribution in [-0.2, 0) is 13.2 Å². The average molecular weight is 310 g/mol. The lowest BCUT2D eigenvalue weighted by Gasteiger charge is -2.05. The quantitative estimate of drug-likeness (QED) is 0.861. The van der Waals surface area contributed by atoms with Crippen LogP contribution in [0.4, 0.5) is 13.2 Å². The van der Waals surface area contributed by atoms with E-state index in [1.165, 1.54) is 12.4 Å². The fraction of sp³-hybridized carbons (Fsp3) is 0.222. The minimum absolute atomic E-state index is 0.0781. The number of hydrogen-bond donors (Lipinski definition) is 1. The van der Waals surface area contributed by atoms with E-state index in [4.69, 9.17) is 29.6 Å². The number of thiocarbonyl (C=S) groups is 1. The Hall–Kier alpha value is -1.61. The minimum atomic E-state index is -4.60. The number of hydrogen-bond acceptors (Lipinski definition) is 3. The lowest BCUT2D eigenvalue weighted by atomic mass is 10.4. The van der Waals surface area contributed by atoms with E-state index < -0.39 is 16.9 Å². The van der Waals surface area contributed by atoms with E-state index in [1.54, 1.807) is 0 Å². The third kappa shape index (κ3) is 2.43. The van der Waals surface area contributed by atoms with Crippen LogP contribution < -0.4 is 5.73 Å². The molecule has 2 heterocycles. The van der Waals surface area contributed by atoms with Gasteiger partial charge in [0, 0.05) is 18.8 Å². The molecule has 2 aromatic rings. The normalized spacial score (nSPS) is 11.8. The van der Waals surface area contributed by atoms with Gasteiger partial charge in [-0.15, -0.1) is 0 Å². The molecule has 2 N–H and O–H groups in total. The van der Waals surface area contributed by atoms with E-state index in [2.05, 4.69) is 10.2 Å². The second-order valence-corrected chi connectivity index (χ2v) is 4.46. The van der Waals surface area contributed by atoms with Gasteiger partial charge in [0.1, 0.15) is 10.0 Å². The SMILES string of the molecule is Cn1nc(-n2cc(C(N)=S)cn2)c(Cl)c1C(F)(F)F. The smallest absolute Gasteiger partial charge is 0.389 e. The first-order valence-corrected chi connectivity index (χ1v) is 5.65. The molecule has 5 nitrogen and oxygen atoms in total. The van der Waals surface area contributed by atoms with Gasteiger partial charge >= 0.3 is 6.18 Å². The number of nitrogens with two attached hydrogens (primary N) is 1. The van der Waals surface area contributed by atoms with Crippen molar-refractivity contribution in [3.8, 4) is 5.82 Å². The van der Waals surface area contributed by atoms with Crippen molar-refractivity contribution in [3.63, 3.8) is 0 Å². The van der Waals surface area contributed by atoms with Gasteiger partial charge in [-0.3, -0.25) is 4.68 Å². The van der Waals surface area contributed by atoms with Crippen LogP contribution in [0.1, 0.15) is 11.3 Å². The van der Waals surface area contributed by atoms with Crippen molar-refractivity contribution in [3.05, 3.63) is 28.7 Å². The van der Waals surface area contributed by atoms with E-state index >= 15 is 0 Å². The zero-order chi connectivity index (χ0) is 14.4. The molecule has 102 valence electrons. The highest BCUT2D eigenvalue weighted by Crippen LogP contribution is 2.36. The summed E-state index contributed by atoms with van der Waals surface area (Å²) in [5.41, 5.74) is 4.75. The maximum Gasteiger partial charge on any atom is 0.434 e. The molecule has 0 radical (unpaired) electrons. The second kappa shape index (κ2) is 4.49. The van der Waals surface area contributed by atoms with Crippen molar-refractivity contribution in [2.24, 2.45) is 12.8 Å². The summed E-state index contributed by atoms with van der Waals surface area (Å²) in [4.78, 5) is 0.0781. The number of halogens is 4. The van der Waals surface area contributed by atoms with Crippen LogP contribution in [0, 0.1) is 0 Å². The molecule has 2 aromatic heterocycles. The number of alkyl halides is 3. The Kier molecular flexibility index (Phi) is 3.27. The Labute approximate surface area is 115 Å². The highest BCUT2D eigenvalue weighted by molar-refractivity contribution is 7.80. The van der Waals surface area contributed by atoms with Gasteiger partial charge in [-0.05, 0) is 0 Å². The number of nitrogens with zero attached hydrogens (tertiary/aromatic N) is 4. The molecule has 0 amide bonds. The van der Waals surface area contributed by atoms with E-state index in [0.29, 0.717) is 10.2 Å². The van der Waals surface area contributed by atoms with Gasteiger partial charge in [-0.1, -0.05) is 23.8 Å². The van der Waals surface area contributed by atoms with Crippen molar-refractivity contribution < 1.29 is 13.2 Å². The highest BCUT2D eigenvalue weighted by atomic mass is 35.5. The monoisotopic (exact) mass is 309 g/mol. The Morgan fingerprint density at radius 1 is 1.47 bits per heavy atom. The van der Waals surface area contributed by atoms with Crippen LogP contribution in [0.2, 0.25) is 5.02 Å². The Balaban J connectivity index is 2.55. The lowest BCUT2D eigenvalue weighted by molar-refractivity contribution is -0.143. The predicted octanol–water partition coefficient (Wildman–Crippen LogP) is 1.91. The molecular weight excluding hydrogens is 303 g/mol. The fourth-order valence-corrected chi connectivity index (χ4v) is 1.96. The van der Waals surface area contributed by atoms with E-state index in [-0.39, 0.29) is 10.8 Å². The minimum Gasteiger partial charge on any atom is -0.389 e. The van der Waals surface area contributed by atoms with Crippen LogP contribution in [0.15, 0.2) is 12.4 Å². The Bertz CT molecular complexity index is 645. The number of rotatable bonds is 2. The molecular formula is C9H7ClF3N5S. The Morgan fingerprint density at radius 2 is 2.11 bits per heavy atom. The van der Waals surface area contributed by atoms with Gasteiger partial charge in [0.15, 0.2) is 11.5 Å². The molecule has 10 heteroatoms. The zero-order valence-corrected chi connectivity index (χ0v) is 11.0. The average Bonchev–Trinajstić information content (AvgIpc) is 2.81. The molecule has 0 atom stereocenters. The van der Waals surface area contributed by atoms with Gasteiger partial charge < -0.3 is 5.73 Å². The van der Waals surface area contributed by atoms with Crippen LogP contribution in [0.3, 0.4) is 0 Å². The molecule has 0 aliphatic carbocycles. The van der Waals surface area contributed by atoms with Crippen LogP contribution in [-0.4, -0.2) is 24.5 Å². The van der Waals surface area contributed by atoms with E-state index in [9.17, 15) is 13.2 Å².